The predicted octanol–water partition coefficient (Wildman–Crippen LogP) is 6.02. The van der Waals surface area contributed by atoms with Crippen LogP contribution in [-0.4, -0.2) is 24.1 Å². The van der Waals surface area contributed by atoms with Gasteiger partial charge in [-0.15, -0.1) is 0 Å². The van der Waals surface area contributed by atoms with Crippen LogP contribution in [0.25, 0.3) is 0 Å². The largest absolute Gasteiger partial charge is 0.462 e. The molecule has 4 nitrogen and oxygen atoms in total. The number of ether oxygens (including phenoxy) is 1. The Morgan fingerprint density at radius 3 is 1.93 bits per heavy atom. The van der Waals surface area contributed by atoms with Crippen LogP contribution in [0.15, 0.2) is 63.2 Å². The van der Waals surface area contributed by atoms with Crippen molar-refractivity contribution < 1.29 is 19.1 Å². The maximum atomic E-state index is 13.4. The fourth-order valence-electron chi connectivity index (χ4n) is 3.21. The first-order chi connectivity index (χ1) is 13.8. The fraction of sp³-hybridized carbons (Fsp3) is 0.400. The van der Waals surface area contributed by atoms with Crippen molar-refractivity contribution in [1.82, 2.24) is 0 Å². The lowest BCUT2D eigenvalue weighted by Crippen LogP contribution is -2.29. The Morgan fingerprint density at radius 2 is 1.50 bits per heavy atom. The van der Waals surface area contributed by atoms with Crippen LogP contribution in [-0.2, 0) is 14.3 Å². The average molecular weight is 473 g/mol. The van der Waals surface area contributed by atoms with Crippen LogP contribution in [0.1, 0.15) is 58.8 Å². The smallest absolute Gasteiger partial charge is 0.342 e. The lowest BCUT2D eigenvalue weighted by Gasteiger charge is -2.31. The molecule has 1 aliphatic carbocycles. The van der Waals surface area contributed by atoms with Gasteiger partial charge in [0.1, 0.15) is 5.57 Å². The summed E-state index contributed by atoms with van der Waals surface area (Å²) in [7, 11) is 0. The Kier molecular flexibility index (Phi) is 7.08. The molecule has 0 fully saturated rings. The molecule has 5 heteroatoms. The Morgan fingerprint density at radius 1 is 0.967 bits per heavy atom. The van der Waals surface area contributed by atoms with Crippen LogP contribution in [0.2, 0.25) is 0 Å². The zero-order chi connectivity index (χ0) is 22.9. The van der Waals surface area contributed by atoms with Crippen molar-refractivity contribution in [2.45, 2.75) is 48.5 Å². The van der Waals surface area contributed by atoms with Crippen LogP contribution < -0.4 is 0 Å². The number of carbonyl (C=O) groups excluding carboxylic acids is 3. The molecule has 0 saturated heterocycles. The summed E-state index contributed by atoms with van der Waals surface area (Å²) in [6.45, 7) is 13.5. The molecule has 0 atom stereocenters. The molecule has 30 heavy (non-hydrogen) atoms. The van der Waals surface area contributed by atoms with Crippen molar-refractivity contribution in [3.63, 3.8) is 0 Å². The second-order valence-corrected chi connectivity index (χ2v) is 10.3. The maximum absolute atomic E-state index is 13.4. The monoisotopic (exact) mass is 472 g/mol. The van der Waals surface area contributed by atoms with Crippen molar-refractivity contribution in [2.75, 3.05) is 6.61 Å². The summed E-state index contributed by atoms with van der Waals surface area (Å²) in [6, 6.07) is 6.87. The van der Waals surface area contributed by atoms with Crippen molar-refractivity contribution in [1.29, 1.82) is 0 Å². The van der Waals surface area contributed by atoms with E-state index < -0.39 is 22.6 Å². The molecule has 160 valence electrons. The molecule has 0 amide bonds. The standard InChI is InChI=1S/C25H29BrO4/c1-8-30-23(29)20(21(27)15-10-9-11-17(26)12-15)16-13-18(24(2,3)4)22(28)19(14-16)25(5,6)7/h9-14H,8H2,1-7H3. The molecular formula is C25H29BrO4. The number of hydrogen-bond donors (Lipinski definition) is 0. The molecule has 2 rings (SSSR count). The molecule has 0 aliphatic heterocycles. The summed E-state index contributed by atoms with van der Waals surface area (Å²) < 4.78 is 5.96. The van der Waals surface area contributed by atoms with E-state index in [0.29, 0.717) is 22.3 Å². The lowest BCUT2D eigenvalue weighted by atomic mass is 9.71. The third-order valence-corrected chi connectivity index (χ3v) is 5.28. The zero-order valence-electron chi connectivity index (χ0n) is 18.7. The molecule has 0 bridgehead atoms. The topological polar surface area (TPSA) is 60.4 Å². The van der Waals surface area contributed by atoms with E-state index >= 15 is 0 Å². The highest BCUT2D eigenvalue weighted by molar-refractivity contribution is 9.10. The zero-order valence-corrected chi connectivity index (χ0v) is 20.3. The summed E-state index contributed by atoms with van der Waals surface area (Å²) in [6.07, 6.45) is 3.33. The van der Waals surface area contributed by atoms with E-state index in [1.54, 1.807) is 37.3 Å². The van der Waals surface area contributed by atoms with Gasteiger partial charge >= 0.3 is 5.97 Å². The normalized spacial score (nSPS) is 14.8. The van der Waals surface area contributed by atoms with Gasteiger partial charge in [-0.1, -0.05) is 69.6 Å². The SMILES string of the molecule is CCOC(=O)C(C(=O)c1cccc(Br)c1)=C1C=C(C(C)(C)C)C(=O)C(C(C)(C)C)=C1. The lowest BCUT2D eigenvalue weighted by molar-refractivity contribution is -0.138. The number of carbonyl (C=O) groups is 3. The van der Waals surface area contributed by atoms with Gasteiger partial charge in [0.15, 0.2) is 5.78 Å². The maximum Gasteiger partial charge on any atom is 0.342 e. The number of allylic oxidation sites excluding steroid dienone is 5. The summed E-state index contributed by atoms with van der Waals surface area (Å²) in [5, 5.41) is 0. The van der Waals surface area contributed by atoms with Crippen molar-refractivity contribution in [2.24, 2.45) is 10.8 Å². The Hall–Kier alpha value is -2.27. The third-order valence-electron chi connectivity index (χ3n) is 4.79. The molecular weight excluding hydrogens is 444 g/mol. The van der Waals surface area contributed by atoms with Crippen LogP contribution >= 0.6 is 15.9 Å². The number of benzene rings is 1. The molecule has 0 radical (unpaired) electrons. The van der Waals surface area contributed by atoms with Crippen molar-refractivity contribution in [3.05, 3.63) is 68.7 Å². The average Bonchev–Trinajstić information content (AvgIpc) is 2.61. The second-order valence-electron chi connectivity index (χ2n) is 9.34. The van der Waals surface area contributed by atoms with E-state index in [-0.39, 0.29) is 18.0 Å². The van der Waals surface area contributed by atoms with E-state index in [4.69, 9.17) is 4.74 Å². The number of rotatable bonds is 4. The van der Waals surface area contributed by atoms with E-state index in [2.05, 4.69) is 15.9 Å². The number of hydrogen-bond acceptors (Lipinski definition) is 4. The second kappa shape index (κ2) is 8.84. The fourth-order valence-corrected chi connectivity index (χ4v) is 3.61. The van der Waals surface area contributed by atoms with Crippen molar-refractivity contribution in [3.8, 4) is 0 Å². The summed E-state index contributed by atoms with van der Waals surface area (Å²) >= 11 is 3.37. The summed E-state index contributed by atoms with van der Waals surface area (Å²) in [4.78, 5) is 39.5. The van der Waals surface area contributed by atoms with Gasteiger partial charge in [-0.25, -0.2) is 4.79 Å². The first-order valence-electron chi connectivity index (χ1n) is 9.98. The van der Waals surface area contributed by atoms with Gasteiger partial charge in [0.25, 0.3) is 0 Å². The van der Waals surface area contributed by atoms with Crippen LogP contribution in [0.4, 0.5) is 0 Å². The minimum absolute atomic E-state index is 0.0585. The molecule has 0 heterocycles. The summed E-state index contributed by atoms with van der Waals surface area (Å²) in [5.74, 6) is -1.19. The van der Waals surface area contributed by atoms with E-state index in [1.165, 1.54) is 0 Å². The first kappa shape index (κ1) is 24.0. The highest BCUT2D eigenvalue weighted by atomic mass is 79.9. The highest BCUT2D eigenvalue weighted by Gasteiger charge is 2.36. The number of ketones is 2. The van der Waals surface area contributed by atoms with Gasteiger partial charge in [-0.2, -0.15) is 0 Å². The van der Waals surface area contributed by atoms with Crippen LogP contribution in [0.5, 0.6) is 0 Å². The predicted molar refractivity (Wildman–Crippen MR) is 122 cm³/mol. The molecule has 0 N–H and O–H groups in total. The van der Waals surface area contributed by atoms with Gasteiger partial charge in [-0.05, 0) is 47.6 Å². The third kappa shape index (κ3) is 5.25. The van der Waals surface area contributed by atoms with Crippen LogP contribution in [0, 0.1) is 10.8 Å². The van der Waals surface area contributed by atoms with Gasteiger partial charge in [-0.3, -0.25) is 9.59 Å². The molecule has 0 saturated carbocycles. The number of Topliss-reactive ketones (excluding diaryl/α,β-unsaturated/α-hetero) is 2. The molecule has 0 spiro atoms. The van der Waals surface area contributed by atoms with E-state index in [1.807, 2.05) is 47.6 Å². The van der Waals surface area contributed by atoms with E-state index in [0.717, 1.165) is 4.47 Å². The molecule has 1 aromatic carbocycles. The Balaban J connectivity index is 2.84. The Bertz CT molecular complexity index is 943. The first-order valence-corrected chi connectivity index (χ1v) is 10.8. The quantitative estimate of drug-likeness (QED) is 0.176. The van der Waals surface area contributed by atoms with E-state index in [9.17, 15) is 14.4 Å². The molecule has 0 aromatic heterocycles. The van der Waals surface area contributed by atoms with Crippen LogP contribution in [0.3, 0.4) is 0 Å². The molecule has 1 aromatic rings. The molecule has 1 aliphatic rings. The van der Waals surface area contributed by atoms with Gasteiger partial charge in [0, 0.05) is 21.2 Å². The summed E-state index contributed by atoms with van der Waals surface area (Å²) in [5.41, 5.74) is 0.937. The number of esters is 1. The van der Waals surface area contributed by atoms with Gasteiger partial charge in [0.05, 0.1) is 6.61 Å². The van der Waals surface area contributed by atoms with Gasteiger partial charge in [0.2, 0.25) is 5.78 Å². The minimum atomic E-state index is -0.694. The highest BCUT2D eigenvalue weighted by Crippen LogP contribution is 2.40. The minimum Gasteiger partial charge on any atom is -0.462 e. The Labute approximate surface area is 187 Å². The van der Waals surface area contributed by atoms with Crippen molar-refractivity contribution >= 4 is 33.5 Å². The molecule has 0 unspecified atom stereocenters. The number of halogens is 1. The van der Waals surface area contributed by atoms with Gasteiger partial charge < -0.3 is 4.74 Å².